The maximum Gasteiger partial charge on any atom is 0.255 e. The summed E-state index contributed by atoms with van der Waals surface area (Å²) < 4.78 is 19.4. The number of hydrogen-bond donors (Lipinski definition) is 1. The molecule has 3 amide bonds. The van der Waals surface area contributed by atoms with Crippen LogP contribution in [0.3, 0.4) is 0 Å². The minimum atomic E-state index is -0.643. The van der Waals surface area contributed by atoms with Gasteiger partial charge in [-0.15, -0.1) is 0 Å². The third kappa shape index (κ3) is 7.61. The number of fused-ring (bicyclic) bond motifs is 3. The molecule has 12 rings (SSSR count). The molecular formula is C56H58N4O6. The van der Waals surface area contributed by atoms with E-state index in [0.717, 1.165) is 63.2 Å². The van der Waals surface area contributed by atoms with Gasteiger partial charge in [0.2, 0.25) is 11.8 Å². The molecule has 338 valence electrons. The van der Waals surface area contributed by atoms with Crippen LogP contribution in [0.25, 0.3) is 0 Å². The number of rotatable bonds is 8. The largest absolute Gasteiger partial charge is 0.489 e. The van der Waals surface area contributed by atoms with E-state index < -0.39 is 11.9 Å². The SMILES string of the molecule is O=C1CCC(N2Cc3cc4c(cc3C2=O)OCC2(CCN(C3CC5(CCN(c6ccc([C@@H]7c8ccc(OCc9ccccc9)cc8CC[C@@H]7c7ccccc7)cc6)CC5)C3)CC2)O4)C(=O)N1. The Hall–Kier alpha value is -6.13. The van der Waals surface area contributed by atoms with Crippen LogP contribution in [0.5, 0.6) is 17.2 Å². The third-order valence-corrected chi connectivity index (χ3v) is 16.5. The van der Waals surface area contributed by atoms with Crippen molar-refractivity contribution < 1.29 is 28.6 Å². The van der Waals surface area contributed by atoms with Gasteiger partial charge in [0.15, 0.2) is 11.5 Å². The normalized spacial score (nSPS) is 24.4. The van der Waals surface area contributed by atoms with Gasteiger partial charge in [-0.1, -0.05) is 78.9 Å². The lowest BCUT2D eigenvalue weighted by Gasteiger charge is -2.57. The quantitative estimate of drug-likeness (QED) is 0.154. The van der Waals surface area contributed by atoms with Gasteiger partial charge in [-0.2, -0.15) is 0 Å². The number of ether oxygens (including phenoxy) is 3. The molecule has 3 saturated heterocycles. The maximum absolute atomic E-state index is 13.4. The fraction of sp³-hybridized carbons (Fsp3) is 0.411. The van der Waals surface area contributed by atoms with Crippen LogP contribution >= 0.6 is 0 Å². The van der Waals surface area contributed by atoms with Crippen LogP contribution in [0.1, 0.15) is 113 Å². The first-order chi connectivity index (χ1) is 32.3. The van der Waals surface area contributed by atoms with Gasteiger partial charge in [-0.25, -0.2) is 0 Å². The summed E-state index contributed by atoms with van der Waals surface area (Å²) >= 11 is 0. The standard InChI is InChI=1S/C56H58N4O6/c61-51-20-19-48(53(62)57-51)60-34-41-30-50-49(31-47(41)54(60)63)65-36-56(66-50)23-27-59(28-24-56)43-32-55(33-43)21-25-58(26-22-55)42-14-11-39(12-15-42)52-45(38-9-5-2-6-10-38)17-13-40-29-44(16-18-46(40)52)64-35-37-7-3-1-4-8-37/h1-12,14-16,18,29-31,43,45,48,52H,13,17,19-28,32-36H2,(H,57,61,62)/t45-,48?,52+/m1/s1. The molecule has 2 aliphatic carbocycles. The Morgan fingerprint density at radius 2 is 1.47 bits per heavy atom. The van der Waals surface area contributed by atoms with Gasteiger partial charge in [-0.3, -0.25) is 19.7 Å². The molecule has 66 heavy (non-hydrogen) atoms. The molecule has 5 aromatic carbocycles. The van der Waals surface area contributed by atoms with Crippen molar-refractivity contribution in [2.45, 2.75) is 107 Å². The average molecular weight is 883 g/mol. The van der Waals surface area contributed by atoms with E-state index >= 15 is 0 Å². The van der Waals surface area contributed by atoms with Crippen LogP contribution in [0.4, 0.5) is 5.69 Å². The first-order valence-electron chi connectivity index (χ1n) is 24.3. The van der Waals surface area contributed by atoms with Crippen LogP contribution < -0.4 is 24.4 Å². The van der Waals surface area contributed by atoms with Gasteiger partial charge in [0, 0.05) is 75.2 Å². The lowest BCUT2D eigenvalue weighted by atomic mass is 9.59. The van der Waals surface area contributed by atoms with Crippen LogP contribution in [0.15, 0.2) is 115 Å². The van der Waals surface area contributed by atoms with E-state index in [9.17, 15) is 14.4 Å². The molecule has 1 unspecified atom stereocenters. The summed E-state index contributed by atoms with van der Waals surface area (Å²) in [5.41, 5.74) is 9.59. The lowest BCUT2D eigenvalue weighted by molar-refractivity contribution is -0.136. The summed E-state index contributed by atoms with van der Waals surface area (Å²) in [6.07, 6.45) is 9.57. The van der Waals surface area contributed by atoms with E-state index in [1.165, 1.54) is 59.2 Å². The molecule has 10 nitrogen and oxygen atoms in total. The minimum Gasteiger partial charge on any atom is -0.489 e. The zero-order valence-electron chi connectivity index (χ0n) is 37.6. The summed E-state index contributed by atoms with van der Waals surface area (Å²) in [5.74, 6) is 2.04. The van der Waals surface area contributed by atoms with Gasteiger partial charge in [0.05, 0.1) is 0 Å². The van der Waals surface area contributed by atoms with Crippen molar-refractivity contribution in [2.24, 2.45) is 5.41 Å². The highest BCUT2D eigenvalue weighted by Gasteiger charge is 2.51. The van der Waals surface area contributed by atoms with Crippen molar-refractivity contribution in [1.82, 2.24) is 15.1 Å². The van der Waals surface area contributed by atoms with Crippen LogP contribution in [-0.2, 0) is 29.2 Å². The summed E-state index contributed by atoms with van der Waals surface area (Å²) in [7, 11) is 0. The molecule has 10 heteroatoms. The topological polar surface area (TPSA) is 101 Å². The first kappa shape index (κ1) is 41.3. The molecule has 0 aromatic heterocycles. The van der Waals surface area contributed by atoms with E-state index in [4.69, 9.17) is 14.2 Å². The number of carbonyl (C=O) groups excluding carboxylic acids is 3. The second kappa shape index (κ2) is 16.6. The van der Waals surface area contributed by atoms with E-state index in [2.05, 4.69) is 112 Å². The van der Waals surface area contributed by atoms with Crippen molar-refractivity contribution in [3.8, 4) is 17.2 Å². The van der Waals surface area contributed by atoms with Crippen LogP contribution in [0, 0.1) is 5.41 Å². The Kier molecular flexibility index (Phi) is 10.4. The monoisotopic (exact) mass is 882 g/mol. The number of nitrogens with one attached hydrogen (secondary N) is 1. The molecule has 3 atom stereocenters. The number of nitrogens with zero attached hydrogens (tertiary/aromatic N) is 3. The predicted molar refractivity (Wildman–Crippen MR) is 252 cm³/mol. The molecule has 1 N–H and O–H groups in total. The van der Waals surface area contributed by atoms with E-state index in [1.54, 1.807) is 11.0 Å². The molecule has 5 heterocycles. The molecule has 5 aromatic rings. The molecule has 1 saturated carbocycles. The van der Waals surface area contributed by atoms with E-state index in [1.807, 2.05) is 12.1 Å². The van der Waals surface area contributed by atoms with Crippen LogP contribution in [0.2, 0.25) is 0 Å². The zero-order chi connectivity index (χ0) is 44.4. The smallest absolute Gasteiger partial charge is 0.255 e. The van der Waals surface area contributed by atoms with Crippen molar-refractivity contribution >= 4 is 23.4 Å². The number of benzene rings is 5. The molecule has 0 bridgehead atoms. The minimum absolute atomic E-state index is 0.197. The Morgan fingerprint density at radius 1 is 0.712 bits per heavy atom. The maximum atomic E-state index is 13.4. The number of aryl methyl sites for hydroxylation is 1. The highest BCUT2D eigenvalue weighted by molar-refractivity contribution is 6.05. The fourth-order valence-electron chi connectivity index (χ4n) is 12.6. The molecular weight excluding hydrogens is 825 g/mol. The number of likely N-dealkylation sites (tertiary alicyclic amines) is 1. The Balaban J connectivity index is 0.653. The number of piperidine rings is 3. The number of carbonyl (C=O) groups is 3. The summed E-state index contributed by atoms with van der Waals surface area (Å²) in [6, 6.07) is 41.6. The second-order valence-electron chi connectivity index (χ2n) is 20.3. The molecule has 5 aliphatic heterocycles. The first-order valence-corrected chi connectivity index (χ1v) is 24.3. The fourth-order valence-corrected chi connectivity index (χ4v) is 12.6. The molecule has 0 radical (unpaired) electrons. The van der Waals surface area contributed by atoms with Gasteiger partial charge in [0.1, 0.15) is 30.6 Å². The number of imide groups is 1. The average Bonchev–Trinajstić information content (AvgIpc) is 3.66. The van der Waals surface area contributed by atoms with Gasteiger partial charge in [0.25, 0.3) is 5.91 Å². The summed E-state index contributed by atoms with van der Waals surface area (Å²) in [6.45, 7) is 5.55. The Morgan fingerprint density at radius 3 is 2.23 bits per heavy atom. The van der Waals surface area contributed by atoms with E-state index in [-0.39, 0.29) is 29.8 Å². The van der Waals surface area contributed by atoms with Gasteiger partial charge >= 0.3 is 0 Å². The number of hydrogen-bond acceptors (Lipinski definition) is 8. The number of amides is 3. The highest BCUT2D eigenvalue weighted by atomic mass is 16.6. The Bertz CT molecular complexity index is 2650. The zero-order valence-corrected chi connectivity index (χ0v) is 37.6. The highest BCUT2D eigenvalue weighted by Crippen LogP contribution is 2.53. The number of anilines is 1. The lowest BCUT2D eigenvalue weighted by Crippen LogP contribution is -2.60. The third-order valence-electron chi connectivity index (χ3n) is 16.5. The second-order valence-corrected chi connectivity index (χ2v) is 20.3. The molecule has 4 fully saturated rings. The van der Waals surface area contributed by atoms with Crippen molar-refractivity contribution in [2.75, 3.05) is 37.7 Å². The summed E-state index contributed by atoms with van der Waals surface area (Å²) in [4.78, 5) is 44.6. The van der Waals surface area contributed by atoms with Crippen molar-refractivity contribution in [3.63, 3.8) is 0 Å². The Labute approximate surface area is 387 Å². The predicted octanol–water partition coefficient (Wildman–Crippen LogP) is 8.94. The van der Waals surface area contributed by atoms with Gasteiger partial charge in [-0.05, 0) is 126 Å². The van der Waals surface area contributed by atoms with E-state index in [0.29, 0.717) is 60.6 Å². The van der Waals surface area contributed by atoms with Crippen molar-refractivity contribution in [3.05, 3.63) is 154 Å². The van der Waals surface area contributed by atoms with Gasteiger partial charge < -0.3 is 28.9 Å². The molecule has 7 aliphatic rings. The summed E-state index contributed by atoms with van der Waals surface area (Å²) in [5, 5.41) is 2.39. The molecule has 2 spiro atoms. The van der Waals surface area contributed by atoms with Crippen LogP contribution in [-0.4, -0.2) is 78.0 Å². The van der Waals surface area contributed by atoms with Crippen molar-refractivity contribution in [1.29, 1.82) is 0 Å².